The number of rotatable bonds is 0. The van der Waals surface area contributed by atoms with Crippen molar-refractivity contribution < 1.29 is 10.2 Å². The van der Waals surface area contributed by atoms with E-state index in [0.717, 1.165) is 17.6 Å². The average molecular weight is 190 g/mol. The molecule has 4 heteroatoms. The Kier molecular flexibility index (Phi) is 1.39. The number of phenols is 1. The topological polar surface area (TPSA) is 58.3 Å². The van der Waals surface area contributed by atoms with Crippen molar-refractivity contribution in [2.75, 3.05) is 0 Å². The summed E-state index contributed by atoms with van der Waals surface area (Å²) in [4.78, 5) is 4.32. The summed E-state index contributed by atoms with van der Waals surface area (Å²) in [5.74, 6) is 0.951. The second-order valence-electron chi connectivity index (χ2n) is 3.60. The van der Waals surface area contributed by atoms with Crippen LogP contribution in [0, 0.1) is 0 Å². The van der Waals surface area contributed by atoms with Gasteiger partial charge in [-0.3, -0.25) is 0 Å². The molecule has 1 aromatic carbocycles. The largest absolute Gasteiger partial charge is 0.508 e. The van der Waals surface area contributed by atoms with Gasteiger partial charge in [0.25, 0.3) is 0 Å². The standard InChI is InChI=1S/C10H10N2O2/c13-6-1-2-7-8(5-6)12-4-3-9(14)10(12)11-7/h1-2,5,9,13-14H,3-4H2. The lowest BCUT2D eigenvalue weighted by Crippen LogP contribution is -1.93. The number of imidazole rings is 1. The SMILES string of the molecule is Oc1ccc2nc3n(c2c1)CCC3O. The summed E-state index contributed by atoms with van der Waals surface area (Å²) in [5.41, 5.74) is 1.73. The van der Waals surface area contributed by atoms with Gasteiger partial charge in [-0.15, -0.1) is 0 Å². The van der Waals surface area contributed by atoms with Crippen LogP contribution >= 0.6 is 0 Å². The minimum Gasteiger partial charge on any atom is -0.508 e. The Labute approximate surface area is 80.4 Å². The third-order valence-electron chi connectivity index (χ3n) is 2.69. The molecule has 1 aliphatic rings. The summed E-state index contributed by atoms with van der Waals surface area (Å²) >= 11 is 0. The summed E-state index contributed by atoms with van der Waals surface area (Å²) < 4.78 is 1.96. The number of aliphatic hydroxyl groups excluding tert-OH is 1. The van der Waals surface area contributed by atoms with Gasteiger partial charge in [0.15, 0.2) is 0 Å². The number of aromatic hydroxyl groups is 1. The normalized spacial score (nSPS) is 20.2. The molecule has 2 N–H and O–H groups in total. The maximum atomic E-state index is 9.61. The van der Waals surface area contributed by atoms with Crippen LogP contribution in [-0.4, -0.2) is 19.8 Å². The molecule has 1 atom stereocenters. The molecule has 1 aromatic heterocycles. The van der Waals surface area contributed by atoms with E-state index in [1.165, 1.54) is 0 Å². The second-order valence-corrected chi connectivity index (χ2v) is 3.60. The van der Waals surface area contributed by atoms with Crippen LogP contribution in [0.5, 0.6) is 5.75 Å². The van der Waals surface area contributed by atoms with E-state index in [0.29, 0.717) is 12.2 Å². The first kappa shape index (κ1) is 7.82. The molecule has 3 rings (SSSR count). The van der Waals surface area contributed by atoms with Crippen molar-refractivity contribution >= 4 is 11.0 Å². The number of hydrogen-bond acceptors (Lipinski definition) is 3. The number of hydrogen-bond donors (Lipinski definition) is 2. The fourth-order valence-corrected chi connectivity index (χ4v) is 2.00. The monoisotopic (exact) mass is 190 g/mol. The van der Waals surface area contributed by atoms with Gasteiger partial charge in [0, 0.05) is 12.6 Å². The van der Waals surface area contributed by atoms with E-state index in [-0.39, 0.29) is 5.75 Å². The van der Waals surface area contributed by atoms with Gasteiger partial charge < -0.3 is 14.8 Å². The molecule has 0 bridgehead atoms. The van der Waals surface area contributed by atoms with Crippen LogP contribution in [0.3, 0.4) is 0 Å². The third-order valence-corrected chi connectivity index (χ3v) is 2.69. The highest BCUT2D eigenvalue weighted by atomic mass is 16.3. The van der Waals surface area contributed by atoms with Crippen molar-refractivity contribution in [3.05, 3.63) is 24.0 Å². The van der Waals surface area contributed by atoms with E-state index < -0.39 is 6.10 Å². The molecule has 1 unspecified atom stereocenters. The van der Waals surface area contributed by atoms with Crippen molar-refractivity contribution in [3.8, 4) is 5.75 Å². The summed E-state index contributed by atoms with van der Waals surface area (Å²) in [6.07, 6.45) is 0.262. The van der Waals surface area contributed by atoms with Gasteiger partial charge in [0.1, 0.15) is 17.7 Å². The molecular weight excluding hydrogens is 180 g/mol. The Morgan fingerprint density at radius 2 is 2.29 bits per heavy atom. The third kappa shape index (κ3) is 0.886. The zero-order valence-corrected chi connectivity index (χ0v) is 7.51. The molecule has 0 saturated heterocycles. The van der Waals surface area contributed by atoms with Gasteiger partial charge in [-0.1, -0.05) is 0 Å². The van der Waals surface area contributed by atoms with Crippen molar-refractivity contribution in [2.45, 2.75) is 19.1 Å². The Morgan fingerprint density at radius 3 is 3.14 bits per heavy atom. The van der Waals surface area contributed by atoms with E-state index in [2.05, 4.69) is 4.98 Å². The molecule has 14 heavy (non-hydrogen) atoms. The summed E-state index contributed by atoms with van der Waals surface area (Å²) in [7, 11) is 0. The Hall–Kier alpha value is -1.55. The van der Waals surface area contributed by atoms with Crippen LogP contribution in [0.15, 0.2) is 18.2 Å². The Balaban J connectivity index is 2.36. The summed E-state index contributed by atoms with van der Waals surface area (Å²) in [6.45, 7) is 0.774. The first-order valence-electron chi connectivity index (χ1n) is 4.63. The zero-order valence-electron chi connectivity index (χ0n) is 7.51. The molecule has 0 aliphatic carbocycles. The number of aliphatic hydroxyl groups is 1. The van der Waals surface area contributed by atoms with Crippen LogP contribution in [0.25, 0.3) is 11.0 Å². The van der Waals surface area contributed by atoms with Crippen molar-refractivity contribution in [1.82, 2.24) is 9.55 Å². The quantitative estimate of drug-likeness (QED) is 0.655. The van der Waals surface area contributed by atoms with E-state index in [1.807, 2.05) is 4.57 Å². The first-order chi connectivity index (χ1) is 6.75. The highest BCUT2D eigenvalue weighted by Gasteiger charge is 2.24. The van der Waals surface area contributed by atoms with E-state index in [4.69, 9.17) is 0 Å². The minimum atomic E-state index is -0.454. The molecular formula is C10H10N2O2. The van der Waals surface area contributed by atoms with Gasteiger partial charge in [-0.25, -0.2) is 4.98 Å². The molecule has 0 saturated carbocycles. The average Bonchev–Trinajstić information content (AvgIpc) is 2.67. The zero-order chi connectivity index (χ0) is 9.71. The Bertz CT molecular complexity index is 504. The van der Waals surface area contributed by atoms with Crippen LogP contribution in [0.4, 0.5) is 0 Å². The highest BCUT2D eigenvalue weighted by molar-refractivity contribution is 5.78. The lowest BCUT2D eigenvalue weighted by atomic mass is 10.3. The molecule has 2 aromatic rings. The summed E-state index contributed by atoms with van der Waals surface area (Å²) in [6, 6.07) is 5.06. The van der Waals surface area contributed by atoms with E-state index in [1.54, 1.807) is 18.2 Å². The van der Waals surface area contributed by atoms with Crippen molar-refractivity contribution in [3.63, 3.8) is 0 Å². The predicted molar refractivity (Wildman–Crippen MR) is 51.0 cm³/mol. The van der Waals surface area contributed by atoms with Crippen LogP contribution in [-0.2, 0) is 6.54 Å². The fraction of sp³-hybridized carbons (Fsp3) is 0.300. The molecule has 72 valence electrons. The molecule has 2 heterocycles. The predicted octanol–water partition coefficient (Wildman–Crippen LogP) is 1.18. The molecule has 4 nitrogen and oxygen atoms in total. The smallest absolute Gasteiger partial charge is 0.138 e. The maximum absolute atomic E-state index is 9.61. The lowest BCUT2D eigenvalue weighted by Gasteiger charge is -1.97. The first-order valence-corrected chi connectivity index (χ1v) is 4.63. The molecule has 0 fully saturated rings. The van der Waals surface area contributed by atoms with Gasteiger partial charge in [0.2, 0.25) is 0 Å². The number of aryl methyl sites for hydroxylation is 1. The molecule has 0 radical (unpaired) electrons. The van der Waals surface area contributed by atoms with Crippen LogP contribution < -0.4 is 0 Å². The number of phenolic OH excluding ortho intramolecular Hbond substituents is 1. The minimum absolute atomic E-state index is 0.238. The summed E-state index contributed by atoms with van der Waals surface area (Å²) in [5, 5.41) is 18.9. The Morgan fingerprint density at radius 1 is 1.43 bits per heavy atom. The maximum Gasteiger partial charge on any atom is 0.138 e. The van der Waals surface area contributed by atoms with Crippen molar-refractivity contribution in [2.24, 2.45) is 0 Å². The molecule has 1 aliphatic heterocycles. The molecule has 0 amide bonds. The number of aromatic nitrogens is 2. The van der Waals surface area contributed by atoms with Gasteiger partial charge >= 0.3 is 0 Å². The fourth-order valence-electron chi connectivity index (χ4n) is 2.00. The molecule has 0 spiro atoms. The lowest BCUT2D eigenvalue weighted by molar-refractivity contribution is 0.176. The number of nitrogens with zero attached hydrogens (tertiary/aromatic N) is 2. The van der Waals surface area contributed by atoms with Crippen LogP contribution in [0.1, 0.15) is 18.3 Å². The van der Waals surface area contributed by atoms with Crippen molar-refractivity contribution in [1.29, 1.82) is 0 Å². The van der Waals surface area contributed by atoms with Gasteiger partial charge in [-0.2, -0.15) is 0 Å². The highest BCUT2D eigenvalue weighted by Crippen LogP contribution is 2.30. The number of benzene rings is 1. The van der Waals surface area contributed by atoms with E-state index in [9.17, 15) is 10.2 Å². The van der Waals surface area contributed by atoms with E-state index >= 15 is 0 Å². The van der Waals surface area contributed by atoms with Gasteiger partial charge in [-0.05, 0) is 18.6 Å². The van der Waals surface area contributed by atoms with Gasteiger partial charge in [0.05, 0.1) is 11.0 Å². The second kappa shape index (κ2) is 2.48. The number of fused-ring (bicyclic) bond motifs is 3. The van der Waals surface area contributed by atoms with Crippen LogP contribution in [0.2, 0.25) is 0 Å².